The van der Waals surface area contributed by atoms with Gasteiger partial charge in [0.1, 0.15) is 29.6 Å². The van der Waals surface area contributed by atoms with E-state index in [4.69, 9.17) is 19.9 Å². The number of ether oxygens (including phenoxy) is 3. The van der Waals surface area contributed by atoms with E-state index in [1.807, 2.05) is 54.6 Å². The van der Waals surface area contributed by atoms with Gasteiger partial charge in [-0.3, -0.25) is 9.69 Å². The van der Waals surface area contributed by atoms with Gasteiger partial charge in [-0.15, -0.1) is 11.3 Å². The molecule has 1 aliphatic heterocycles. The van der Waals surface area contributed by atoms with Gasteiger partial charge in [0, 0.05) is 27.2 Å². The first kappa shape index (κ1) is 25.1. The molecule has 37 heavy (non-hydrogen) atoms. The Kier molecular flexibility index (Phi) is 7.92. The van der Waals surface area contributed by atoms with Crippen LogP contribution >= 0.6 is 11.3 Å². The van der Waals surface area contributed by atoms with Crippen molar-refractivity contribution in [3.05, 3.63) is 71.6 Å². The number of thiophene rings is 1. The minimum Gasteiger partial charge on any atom is -0.497 e. The summed E-state index contributed by atoms with van der Waals surface area (Å²) >= 11 is 1.55. The van der Waals surface area contributed by atoms with Crippen molar-refractivity contribution in [2.45, 2.75) is 25.7 Å². The number of nitrogens with two attached hydrogens (primary N) is 1. The minimum atomic E-state index is -0.339. The molecule has 0 unspecified atom stereocenters. The number of hydrogen-bond donors (Lipinski definition) is 1. The van der Waals surface area contributed by atoms with Crippen LogP contribution in [0.2, 0.25) is 0 Å². The molecule has 0 aliphatic carbocycles. The summed E-state index contributed by atoms with van der Waals surface area (Å²) in [6, 6.07) is 21.8. The smallest absolute Gasteiger partial charge is 0.222 e. The number of fused-ring (bicyclic) bond motifs is 1. The van der Waals surface area contributed by atoms with Gasteiger partial charge in [0.25, 0.3) is 0 Å². The Balaban J connectivity index is 1.38. The molecule has 1 aliphatic rings. The number of carbonyl (C=O) groups is 1. The highest BCUT2D eigenvalue weighted by molar-refractivity contribution is 7.15. The predicted molar refractivity (Wildman–Crippen MR) is 149 cm³/mol. The fourth-order valence-corrected chi connectivity index (χ4v) is 5.74. The molecule has 0 spiro atoms. The number of rotatable bonds is 10. The Labute approximate surface area is 221 Å². The summed E-state index contributed by atoms with van der Waals surface area (Å²) in [5.41, 5.74) is 6.36. The highest BCUT2D eigenvalue weighted by atomic mass is 32.1. The van der Waals surface area contributed by atoms with Gasteiger partial charge in [0.15, 0.2) is 0 Å². The zero-order valence-electron chi connectivity index (χ0n) is 21.1. The average molecular weight is 517 g/mol. The van der Waals surface area contributed by atoms with Crippen LogP contribution in [0.25, 0.3) is 21.2 Å². The van der Waals surface area contributed by atoms with Crippen molar-refractivity contribution in [3.63, 3.8) is 0 Å². The van der Waals surface area contributed by atoms with Gasteiger partial charge in [-0.2, -0.15) is 0 Å². The molecular formula is C30H32N2O4S. The highest BCUT2D eigenvalue weighted by Crippen LogP contribution is 2.43. The van der Waals surface area contributed by atoms with Crippen LogP contribution in [0.5, 0.6) is 23.0 Å². The van der Waals surface area contributed by atoms with Crippen LogP contribution in [0.3, 0.4) is 0 Å². The number of carbonyl (C=O) groups excluding carboxylic acids is 1. The Morgan fingerprint density at radius 2 is 1.68 bits per heavy atom. The number of piperidine rings is 1. The molecule has 1 amide bonds. The number of nitrogens with zero attached hydrogens (tertiary/aromatic N) is 1. The number of benzene rings is 3. The van der Waals surface area contributed by atoms with Gasteiger partial charge in [0.2, 0.25) is 5.91 Å². The monoisotopic (exact) mass is 516 g/mol. The van der Waals surface area contributed by atoms with Gasteiger partial charge in [0.05, 0.1) is 13.5 Å². The summed E-state index contributed by atoms with van der Waals surface area (Å²) in [7, 11) is 1.66. The number of hydrogen-bond acceptors (Lipinski definition) is 6. The van der Waals surface area contributed by atoms with Crippen molar-refractivity contribution in [3.8, 4) is 33.4 Å². The van der Waals surface area contributed by atoms with Crippen LogP contribution in [-0.2, 0) is 11.2 Å². The second kappa shape index (κ2) is 11.7. The van der Waals surface area contributed by atoms with Crippen LogP contribution in [0.4, 0.5) is 0 Å². The molecule has 4 aromatic rings. The predicted octanol–water partition coefficient (Wildman–Crippen LogP) is 6.26. The molecule has 0 atom stereocenters. The maximum atomic E-state index is 11.4. The largest absolute Gasteiger partial charge is 0.497 e. The Bertz CT molecular complexity index is 1360. The Hall–Kier alpha value is -3.55. The van der Waals surface area contributed by atoms with E-state index in [1.165, 1.54) is 32.4 Å². The lowest BCUT2D eigenvalue weighted by molar-refractivity contribution is -0.117. The summed E-state index contributed by atoms with van der Waals surface area (Å²) in [6.45, 7) is 3.98. The molecule has 192 valence electrons. The van der Waals surface area contributed by atoms with Crippen LogP contribution < -0.4 is 19.9 Å². The Morgan fingerprint density at radius 1 is 0.919 bits per heavy atom. The van der Waals surface area contributed by atoms with Gasteiger partial charge < -0.3 is 19.9 Å². The number of methoxy groups -OCH3 is 1. The van der Waals surface area contributed by atoms with Crippen LogP contribution in [0.15, 0.2) is 66.7 Å². The van der Waals surface area contributed by atoms with Crippen molar-refractivity contribution in [2.24, 2.45) is 5.73 Å². The zero-order chi connectivity index (χ0) is 25.6. The molecule has 7 heteroatoms. The number of likely N-dealkylation sites (tertiary alicyclic amines) is 1. The van der Waals surface area contributed by atoms with E-state index in [2.05, 4.69) is 17.0 Å². The fraction of sp³-hybridized carbons (Fsp3) is 0.300. The lowest BCUT2D eigenvalue weighted by atomic mass is 10.0. The summed E-state index contributed by atoms with van der Waals surface area (Å²) in [4.78, 5) is 15.8. The molecule has 3 aromatic carbocycles. The van der Waals surface area contributed by atoms with Crippen molar-refractivity contribution >= 4 is 28.0 Å². The number of amides is 1. The molecule has 1 fully saturated rings. The maximum absolute atomic E-state index is 11.4. The van der Waals surface area contributed by atoms with E-state index >= 15 is 0 Å². The topological polar surface area (TPSA) is 74.0 Å². The van der Waals surface area contributed by atoms with Gasteiger partial charge in [-0.05, 0) is 92.0 Å². The maximum Gasteiger partial charge on any atom is 0.222 e. The molecule has 1 saturated heterocycles. The zero-order valence-corrected chi connectivity index (χ0v) is 21.9. The van der Waals surface area contributed by atoms with E-state index in [-0.39, 0.29) is 12.3 Å². The SMILES string of the molecule is COc1ccc2c(Oc3ccc(OCCN4CCCCC4)cc3)c(-c3ccc(CC(N)=O)s3)ccc2c1. The van der Waals surface area contributed by atoms with E-state index in [0.29, 0.717) is 6.61 Å². The van der Waals surface area contributed by atoms with E-state index in [9.17, 15) is 4.79 Å². The lowest BCUT2D eigenvalue weighted by Crippen LogP contribution is -2.33. The van der Waals surface area contributed by atoms with Crippen molar-refractivity contribution in [2.75, 3.05) is 33.4 Å². The molecule has 0 bridgehead atoms. The second-order valence-corrected chi connectivity index (χ2v) is 10.4. The van der Waals surface area contributed by atoms with E-state index < -0.39 is 0 Å². The molecular weight excluding hydrogens is 484 g/mol. The molecule has 6 nitrogen and oxygen atoms in total. The second-order valence-electron chi connectivity index (χ2n) is 9.26. The average Bonchev–Trinajstić information content (AvgIpc) is 3.37. The fourth-order valence-electron chi connectivity index (χ4n) is 4.70. The Morgan fingerprint density at radius 3 is 2.43 bits per heavy atom. The summed E-state index contributed by atoms with van der Waals surface area (Å²) in [6.07, 6.45) is 4.14. The molecule has 2 heterocycles. The van der Waals surface area contributed by atoms with Gasteiger partial charge in [-0.25, -0.2) is 0 Å². The number of primary amides is 1. The standard InChI is InChI=1S/C30H32N2O4S/c1-34-24-10-13-26-21(19-24)5-12-27(28-14-11-25(37-28)20-29(31)33)30(26)36-23-8-6-22(7-9-23)35-18-17-32-15-3-2-4-16-32/h5-14,19H,2-4,15-18,20H2,1H3,(H2,31,33). The highest BCUT2D eigenvalue weighted by Gasteiger charge is 2.16. The normalized spacial score (nSPS) is 14.0. The lowest BCUT2D eigenvalue weighted by Gasteiger charge is -2.26. The van der Waals surface area contributed by atoms with E-state index in [0.717, 1.165) is 55.6 Å². The van der Waals surface area contributed by atoms with Gasteiger partial charge in [-0.1, -0.05) is 12.5 Å². The quantitative estimate of drug-likeness (QED) is 0.269. The first-order chi connectivity index (χ1) is 18.1. The third-order valence-corrected chi connectivity index (χ3v) is 7.74. The third-order valence-electron chi connectivity index (χ3n) is 6.62. The van der Waals surface area contributed by atoms with Crippen LogP contribution in [0, 0.1) is 0 Å². The van der Waals surface area contributed by atoms with Crippen molar-refractivity contribution in [1.82, 2.24) is 4.90 Å². The molecule has 2 N–H and O–H groups in total. The molecule has 0 saturated carbocycles. The molecule has 0 radical (unpaired) electrons. The molecule has 1 aromatic heterocycles. The summed E-state index contributed by atoms with van der Waals surface area (Å²) in [5.74, 6) is 2.76. The first-order valence-electron chi connectivity index (χ1n) is 12.7. The third kappa shape index (κ3) is 6.24. The summed E-state index contributed by atoms with van der Waals surface area (Å²) in [5, 5.41) is 2.00. The minimum absolute atomic E-state index is 0.227. The molecule has 5 rings (SSSR count). The van der Waals surface area contributed by atoms with Crippen LogP contribution in [-0.4, -0.2) is 44.2 Å². The van der Waals surface area contributed by atoms with Gasteiger partial charge >= 0.3 is 0 Å². The van der Waals surface area contributed by atoms with Crippen LogP contribution in [0.1, 0.15) is 24.1 Å². The first-order valence-corrected chi connectivity index (χ1v) is 13.5. The summed E-state index contributed by atoms with van der Waals surface area (Å²) < 4.78 is 17.9. The van der Waals surface area contributed by atoms with E-state index in [1.54, 1.807) is 18.4 Å². The van der Waals surface area contributed by atoms with Crippen molar-refractivity contribution < 1.29 is 19.0 Å². The van der Waals surface area contributed by atoms with Crippen molar-refractivity contribution in [1.29, 1.82) is 0 Å².